The van der Waals surface area contributed by atoms with Crippen molar-refractivity contribution in [1.82, 2.24) is 9.97 Å². The van der Waals surface area contributed by atoms with Crippen LogP contribution in [-0.2, 0) is 13.1 Å². The van der Waals surface area contributed by atoms with E-state index in [1.807, 2.05) is 65.6 Å². The van der Waals surface area contributed by atoms with Crippen molar-refractivity contribution in [1.29, 1.82) is 0 Å². The van der Waals surface area contributed by atoms with Crippen LogP contribution in [-0.4, -0.2) is 14.9 Å². The average Bonchev–Trinajstić information content (AvgIpc) is 2.62. The Morgan fingerprint density at radius 3 is 1.92 bits per heavy atom. The lowest BCUT2D eigenvalue weighted by atomic mass is 10.2. The Morgan fingerprint density at radius 2 is 1.48 bits per heavy atom. The highest BCUT2D eigenvalue weighted by molar-refractivity contribution is 5.54. The third-order valence-electron chi connectivity index (χ3n) is 3.70. The van der Waals surface area contributed by atoms with Crippen LogP contribution in [0.15, 0.2) is 66.9 Å². The quantitative estimate of drug-likeness (QED) is 0.549. The number of rotatable bonds is 6. The molecular weight excluding hydrogens is 318 g/mol. The van der Waals surface area contributed by atoms with Crippen molar-refractivity contribution in [3.63, 3.8) is 0 Å². The minimum atomic E-state index is -0.585. The summed E-state index contributed by atoms with van der Waals surface area (Å²) in [7, 11) is 0. The predicted octanol–water partition coefficient (Wildman–Crippen LogP) is 3.17. The van der Waals surface area contributed by atoms with Gasteiger partial charge in [-0.3, -0.25) is 10.1 Å². The molecule has 7 heteroatoms. The van der Waals surface area contributed by atoms with Crippen LogP contribution in [0.25, 0.3) is 0 Å². The summed E-state index contributed by atoms with van der Waals surface area (Å²) in [5.41, 5.74) is 7.60. The van der Waals surface area contributed by atoms with E-state index in [1.54, 1.807) is 0 Å². The van der Waals surface area contributed by atoms with Gasteiger partial charge in [-0.15, -0.1) is 0 Å². The number of nitrogens with two attached hydrogens (primary N) is 1. The van der Waals surface area contributed by atoms with Gasteiger partial charge in [-0.05, 0) is 11.1 Å². The molecule has 1 aromatic heterocycles. The van der Waals surface area contributed by atoms with E-state index in [9.17, 15) is 10.1 Å². The van der Waals surface area contributed by atoms with Crippen molar-refractivity contribution in [3.05, 3.63) is 88.1 Å². The number of anilines is 2. The fourth-order valence-electron chi connectivity index (χ4n) is 2.48. The van der Waals surface area contributed by atoms with Gasteiger partial charge in [0.15, 0.2) is 0 Å². The van der Waals surface area contributed by atoms with Crippen molar-refractivity contribution in [2.45, 2.75) is 13.1 Å². The van der Waals surface area contributed by atoms with Crippen LogP contribution in [0.3, 0.4) is 0 Å². The van der Waals surface area contributed by atoms with Gasteiger partial charge < -0.3 is 10.6 Å². The standard InChI is InChI=1S/C18H17N5O2/c19-17-16(23(24)25)11-20-18(21-17)22(12-14-7-3-1-4-8-14)13-15-9-5-2-6-10-15/h1-11H,12-13H2,(H2,19,20,21). The summed E-state index contributed by atoms with van der Waals surface area (Å²) in [5.74, 6) is 0.219. The third-order valence-corrected chi connectivity index (χ3v) is 3.70. The number of nitrogens with zero attached hydrogens (tertiary/aromatic N) is 4. The fourth-order valence-corrected chi connectivity index (χ4v) is 2.48. The summed E-state index contributed by atoms with van der Waals surface area (Å²) < 4.78 is 0. The molecule has 0 saturated heterocycles. The Morgan fingerprint density at radius 1 is 0.960 bits per heavy atom. The maximum atomic E-state index is 10.9. The highest BCUT2D eigenvalue weighted by Gasteiger charge is 2.18. The Balaban J connectivity index is 1.92. The maximum Gasteiger partial charge on any atom is 0.329 e. The fraction of sp³-hybridized carbons (Fsp3) is 0.111. The van der Waals surface area contributed by atoms with Crippen molar-refractivity contribution in [3.8, 4) is 0 Å². The zero-order chi connectivity index (χ0) is 17.6. The molecule has 0 spiro atoms. The average molecular weight is 335 g/mol. The lowest BCUT2D eigenvalue weighted by Crippen LogP contribution is -2.24. The van der Waals surface area contributed by atoms with Crippen molar-refractivity contribution >= 4 is 17.5 Å². The second kappa shape index (κ2) is 7.39. The topological polar surface area (TPSA) is 98.2 Å². The first-order valence-electron chi connectivity index (χ1n) is 7.73. The van der Waals surface area contributed by atoms with E-state index >= 15 is 0 Å². The van der Waals surface area contributed by atoms with E-state index < -0.39 is 4.92 Å². The molecule has 2 aromatic carbocycles. The Hall–Kier alpha value is -3.48. The lowest BCUT2D eigenvalue weighted by molar-refractivity contribution is -0.384. The second-order valence-electron chi connectivity index (χ2n) is 5.52. The molecule has 7 nitrogen and oxygen atoms in total. The van der Waals surface area contributed by atoms with Crippen molar-refractivity contribution < 1.29 is 4.92 Å². The van der Waals surface area contributed by atoms with E-state index in [4.69, 9.17) is 5.73 Å². The molecule has 0 fully saturated rings. The molecular formula is C18H17N5O2. The van der Waals surface area contributed by atoms with Crippen LogP contribution in [0.2, 0.25) is 0 Å². The first kappa shape index (κ1) is 16.4. The van der Waals surface area contributed by atoms with Crippen molar-refractivity contribution in [2.24, 2.45) is 0 Å². The summed E-state index contributed by atoms with van der Waals surface area (Å²) >= 11 is 0. The number of nitrogen functional groups attached to an aromatic ring is 1. The lowest BCUT2D eigenvalue weighted by Gasteiger charge is -2.23. The van der Waals surface area contributed by atoms with Gasteiger partial charge in [0.05, 0.1) is 4.92 Å². The number of benzene rings is 2. The van der Waals surface area contributed by atoms with Gasteiger partial charge >= 0.3 is 5.69 Å². The molecule has 25 heavy (non-hydrogen) atoms. The number of hydrogen-bond donors (Lipinski definition) is 1. The van der Waals surface area contributed by atoms with Gasteiger partial charge in [-0.1, -0.05) is 60.7 Å². The van der Waals surface area contributed by atoms with Crippen LogP contribution in [0, 0.1) is 10.1 Å². The molecule has 0 atom stereocenters. The molecule has 3 aromatic rings. The van der Waals surface area contributed by atoms with Gasteiger partial charge in [-0.2, -0.15) is 4.98 Å². The van der Waals surface area contributed by atoms with E-state index in [-0.39, 0.29) is 11.5 Å². The molecule has 2 N–H and O–H groups in total. The molecule has 1 heterocycles. The number of nitro groups is 1. The first-order valence-corrected chi connectivity index (χ1v) is 7.73. The largest absolute Gasteiger partial charge is 0.378 e. The van der Waals surface area contributed by atoms with Crippen LogP contribution >= 0.6 is 0 Å². The summed E-state index contributed by atoms with van der Waals surface area (Å²) in [6.07, 6.45) is 1.15. The van der Waals surface area contributed by atoms with E-state index in [0.717, 1.165) is 17.3 Å². The molecule has 0 aliphatic carbocycles. The molecule has 0 aliphatic rings. The summed E-state index contributed by atoms with van der Waals surface area (Å²) in [5, 5.41) is 10.9. The van der Waals surface area contributed by atoms with Gasteiger partial charge in [0.1, 0.15) is 6.20 Å². The first-order chi connectivity index (χ1) is 12.1. The SMILES string of the molecule is Nc1nc(N(Cc2ccccc2)Cc2ccccc2)ncc1[N+](=O)[O-]. The number of hydrogen-bond acceptors (Lipinski definition) is 6. The predicted molar refractivity (Wildman–Crippen MR) is 95.9 cm³/mol. The minimum Gasteiger partial charge on any atom is -0.378 e. The van der Waals surface area contributed by atoms with Crippen molar-refractivity contribution in [2.75, 3.05) is 10.6 Å². The molecule has 126 valence electrons. The highest BCUT2D eigenvalue weighted by atomic mass is 16.6. The number of aromatic nitrogens is 2. The zero-order valence-corrected chi connectivity index (χ0v) is 13.4. The Kier molecular flexibility index (Phi) is 4.84. The monoisotopic (exact) mass is 335 g/mol. The summed E-state index contributed by atoms with van der Waals surface area (Å²) in [6.45, 7) is 1.12. The van der Waals surface area contributed by atoms with Crippen LogP contribution in [0.1, 0.15) is 11.1 Å². The minimum absolute atomic E-state index is 0.138. The smallest absolute Gasteiger partial charge is 0.329 e. The normalized spacial score (nSPS) is 10.4. The summed E-state index contributed by atoms with van der Waals surface area (Å²) in [6, 6.07) is 19.8. The maximum absolute atomic E-state index is 10.9. The van der Waals surface area contributed by atoms with E-state index in [2.05, 4.69) is 9.97 Å². The van der Waals surface area contributed by atoms with Gasteiger partial charge in [0.2, 0.25) is 11.8 Å². The van der Waals surface area contributed by atoms with Gasteiger partial charge in [-0.25, -0.2) is 4.98 Å². The molecule has 0 saturated carbocycles. The van der Waals surface area contributed by atoms with E-state index in [1.165, 1.54) is 0 Å². The second-order valence-corrected chi connectivity index (χ2v) is 5.52. The summed E-state index contributed by atoms with van der Waals surface area (Å²) in [4.78, 5) is 20.6. The molecule has 0 unspecified atom stereocenters. The Bertz CT molecular complexity index is 814. The van der Waals surface area contributed by atoms with Crippen LogP contribution < -0.4 is 10.6 Å². The third kappa shape index (κ3) is 4.08. The molecule has 0 aliphatic heterocycles. The highest BCUT2D eigenvalue weighted by Crippen LogP contribution is 2.22. The van der Waals surface area contributed by atoms with Crippen LogP contribution in [0.5, 0.6) is 0 Å². The van der Waals surface area contributed by atoms with Gasteiger partial charge in [0.25, 0.3) is 0 Å². The Labute approximate surface area is 144 Å². The zero-order valence-electron chi connectivity index (χ0n) is 13.4. The molecule has 0 radical (unpaired) electrons. The van der Waals surface area contributed by atoms with E-state index in [0.29, 0.717) is 19.0 Å². The molecule has 0 bridgehead atoms. The van der Waals surface area contributed by atoms with Crippen LogP contribution in [0.4, 0.5) is 17.5 Å². The molecule has 0 amide bonds. The molecule has 3 rings (SSSR count). The van der Waals surface area contributed by atoms with Gasteiger partial charge in [0, 0.05) is 13.1 Å².